The maximum absolute atomic E-state index is 6.16. The number of benzene rings is 1. The first-order valence-electron chi connectivity index (χ1n) is 6.43. The van der Waals surface area contributed by atoms with Gasteiger partial charge in [0.15, 0.2) is 0 Å². The Balaban J connectivity index is 1.96. The highest BCUT2D eigenvalue weighted by Crippen LogP contribution is 2.23. The monoisotopic (exact) mass is 234 g/mol. The molecule has 1 atom stereocenters. The smallest absolute Gasteiger partial charge is 0.122 e. The van der Waals surface area contributed by atoms with Gasteiger partial charge in [-0.15, -0.1) is 0 Å². The van der Waals surface area contributed by atoms with Gasteiger partial charge in [0.2, 0.25) is 0 Å². The van der Waals surface area contributed by atoms with Crippen LogP contribution >= 0.6 is 0 Å². The number of ether oxygens (including phenoxy) is 1. The van der Waals surface area contributed by atoms with Crippen LogP contribution in [0.1, 0.15) is 36.9 Å². The second-order valence-electron chi connectivity index (χ2n) is 4.75. The Kier molecular flexibility index (Phi) is 4.02. The van der Waals surface area contributed by atoms with Gasteiger partial charge in [-0.1, -0.05) is 12.1 Å². The van der Waals surface area contributed by atoms with E-state index in [9.17, 15) is 0 Å². The van der Waals surface area contributed by atoms with Gasteiger partial charge in [-0.25, -0.2) is 0 Å². The Morgan fingerprint density at radius 1 is 1.47 bits per heavy atom. The maximum atomic E-state index is 6.16. The van der Waals surface area contributed by atoms with E-state index in [1.165, 1.54) is 18.4 Å². The lowest BCUT2D eigenvalue weighted by Gasteiger charge is -2.15. The number of nitrogens with one attached hydrogen (secondary N) is 1. The molecule has 1 aliphatic carbocycles. The minimum atomic E-state index is 0.0741. The number of nitrogens with two attached hydrogens (primary N) is 1. The van der Waals surface area contributed by atoms with Crippen LogP contribution < -0.4 is 15.8 Å². The lowest BCUT2D eigenvalue weighted by atomic mass is 10.0. The van der Waals surface area contributed by atoms with Crippen molar-refractivity contribution in [2.45, 2.75) is 38.8 Å². The van der Waals surface area contributed by atoms with Crippen molar-refractivity contribution in [3.8, 4) is 5.75 Å². The predicted octanol–water partition coefficient (Wildman–Crippen LogP) is 2.15. The Hall–Kier alpha value is -1.06. The van der Waals surface area contributed by atoms with Crippen molar-refractivity contribution in [3.63, 3.8) is 0 Å². The number of hydrogen-bond donors (Lipinski definition) is 2. The zero-order valence-corrected chi connectivity index (χ0v) is 10.7. The average molecular weight is 234 g/mol. The Morgan fingerprint density at radius 3 is 2.82 bits per heavy atom. The Bertz CT molecular complexity index is 374. The van der Waals surface area contributed by atoms with E-state index in [4.69, 9.17) is 10.5 Å². The molecule has 2 rings (SSSR count). The van der Waals surface area contributed by atoms with Gasteiger partial charge in [-0.3, -0.25) is 0 Å². The van der Waals surface area contributed by atoms with E-state index in [1.807, 2.05) is 13.0 Å². The third-order valence-electron chi connectivity index (χ3n) is 3.13. The summed E-state index contributed by atoms with van der Waals surface area (Å²) in [4.78, 5) is 0. The molecule has 0 spiro atoms. The van der Waals surface area contributed by atoms with Crippen molar-refractivity contribution < 1.29 is 4.74 Å². The van der Waals surface area contributed by atoms with Crippen LogP contribution in [0.25, 0.3) is 0 Å². The van der Waals surface area contributed by atoms with Gasteiger partial charge in [0, 0.05) is 18.6 Å². The molecule has 17 heavy (non-hydrogen) atoms. The molecular weight excluding hydrogens is 212 g/mol. The zero-order chi connectivity index (χ0) is 12.3. The Morgan fingerprint density at radius 2 is 2.24 bits per heavy atom. The van der Waals surface area contributed by atoms with Crippen molar-refractivity contribution in [2.75, 3.05) is 13.2 Å². The molecule has 94 valence electrons. The van der Waals surface area contributed by atoms with Crippen LogP contribution in [0.5, 0.6) is 5.75 Å². The van der Waals surface area contributed by atoms with Crippen LogP contribution in [-0.4, -0.2) is 19.2 Å². The summed E-state index contributed by atoms with van der Waals surface area (Å²) in [5.41, 5.74) is 8.50. The molecule has 0 saturated heterocycles. The fraction of sp³-hybridized carbons (Fsp3) is 0.571. The molecule has 3 heteroatoms. The first-order chi connectivity index (χ1) is 8.20. The molecule has 0 aromatic heterocycles. The summed E-state index contributed by atoms with van der Waals surface area (Å²) in [6.45, 7) is 5.63. The molecule has 0 aliphatic heterocycles. The van der Waals surface area contributed by atoms with Gasteiger partial charge < -0.3 is 15.8 Å². The minimum absolute atomic E-state index is 0.0741. The highest BCUT2D eigenvalue weighted by atomic mass is 16.5. The van der Waals surface area contributed by atoms with Crippen LogP contribution in [0, 0.1) is 6.92 Å². The van der Waals surface area contributed by atoms with Gasteiger partial charge in [0.05, 0.1) is 6.61 Å². The quantitative estimate of drug-likeness (QED) is 0.793. The third kappa shape index (κ3) is 3.45. The van der Waals surface area contributed by atoms with Crippen molar-refractivity contribution in [1.82, 2.24) is 5.32 Å². The second-order valence-corrected chi connectivity index (χ2v) is 4.75. The largest absolute Gasteiger partial charge is 0.494 e. The summed E-state index contributed by atoms with van der Waals surface area (Å²) in [6, 6.07) is 7.00. The maximum Gasteiger partial charge on any atom is 0.122 e. The standard InChI is InChI=1S/C14H22N2O/c1-3-17-14-7-4-11(8-10(14)2)13(15)9-16-12-5-6-12/h4,7-8,12-13,16H,3,5-6,9,15H2,1-2H3. The SMILES string of the molecule is CCOc1ccc(C(N)CNC2CC2)cc1C. The first-order valence-corrected chi connectivity index (χ1v) is 6.43. The molecule has 1 unspecified atom stereocenters. The minimum Gasteiger partial charge on any atom is -0.494 e. The highest BCUT2D eigenvalue weighted by Gasteiger charge is 2.21. The number of aryl methyl sites for hydroxylation is 1. The van der Waals surface area contributed by atoms with Crippen LogP contribution in [0.15, 0.2) is 18.2 Å². The van der Waals surface area contributed by atoms with Gasteiger partial charge in [0.25, 0.3) is 0 Å². The summed E-state index contributed by atoms with van der Waals surface area (Å²) in [5, 5.41) is 3.46. The molecule has 1 aromatic rings. The summed E-state index contributed by atoms with van der Waals surface area (Å²) >= 11 is 0. The first kappa shape index (κ1) is 12.4. The summed E-state index contributed by atoms with van der Waals surface area (Å²) in [7, 11) is 0. The number of rotatable bonds is 6. The molecule has 1 aromatic carbocycles. The lowest BCUT2D eigenvalue weighted by Crippen LogP contribution is -2.28. The molecule has 1 fully saturated rings. The van der Waals surface area contributed by atoms with E-state index in [-0.39, 0.29) is 6.04 Å². The van der Waals surface area contributed by atoms with Crippen molar-refractivity contribution in [3.05, 3.63) is 29.3 Å². The van der Waals surface area contributed by atoms with Crippen molar-refractivity contribution in [2.24, 2.45) is 5.73 Å². The lowest BCUT2D eigenvalue weighted by molar-refractivity contribution is 0.337. The average Bonchev–Trinajstić information content (AvgIpc) is 3.13. The van der Waals surface area contributed by atoms with Gasteiger partial charge in [-0.2, -0.15) is 0 Å². The van der Waals surface area contributed by atoms with Crippen molar-refractivity contribution in [1.29, 1.82) is 0 Å². The molecule has 0 radical (unpaired) electrons. The van der Waals surface area contributed by atoms with E-state index < -0.39 is 0 Å². The zero-order valence-electron chi connectivity index (χ0n) is 10.7. The molecular formula is C14H22N2O. The van der Waals surface area contributed by atoms with Crippen LogP contribution in [0.3, 0.4) is 0 Å². The number of hydrogen-bond acceptors (Lipinski definition) is 3. The van der Waals surface area contributed by atoms with Crippen LogP contribution in [0.2, 0.25) is 0 Å². The van der Waals surface area contributed by atoms with E-state index >= 15 is 0 Å². The molecule has 0 amide bonds. The van der Waals surface area contributed by atoms with Gasteiger partial charge in [-0.05, 0) is 43.9 Å². The molecule has 3 N–H and O–H groups in total. The van der Waals surface area contributed by atoms with Crippen molar-refractivity contribution >= 4 is 0 Å². The summed E-state index contributed by atoms with van der Waals surface area (Å²) < 4.78 is 5.52. The fourth-order valence-electron chi connectivity index (χ4n) is 1.92. The normalized spacial score (nSPS) is 16.9. The molecule has 1 saturated carbocycles. The second kappa shape index (κ2) is 5.52. The molecule has 1 aliphatic rings. The fourth-order valence-corrected chi connectivity index (χ4v) is 1.92. The van der Waals surface area contributed by atoms with E-state index in [1.54, 1.807) is 0 Å². The Labute approximate surface area is 103 Å². The third-order valence-corrected chi connectivity index (χ3v) is 3.13. The highest BCUT2D eigenvalue weighted by molar-refractivity contribution is 5.37. The van der Waals surface area contributed by atoms with Crippen LogP contribution in [-0.2, 0) is 0 Å². The topological polar surface area (TPSA) is 47.3 Å². The van der Waals surface area contributed by atoms with E-state index in [0.717, 1.165) is 17.9 Å². The van der Waals surface area contributed by atoms with Crippen LogP contribution in [0.4, 0.5) is 0 Å². The van der Waals surface area contributed by atoms with Gasteiger partial charge in [0.1, 0.15) is 5.75 Å². The van der Waals surface area contributed by atoms with E-state index in [0.29, 0.717) is 12.6 Å². The predicted molar refractivity (Wildman–Crippen MR) is 70.3 cm³/mol. The summed E-state index contributed by atoms with van der Waals surface area (Å²) in [6.07, 6.45) is 2.60. The molecule has 3 nitrogen and oxygen atoms in total. The molecule has 0 heterocycles. The van der Waals surface area contributed by atoms with Gasteiger partial charge >= 0.3 is 0 Å². The summed E-state index contributed by atoms with van der Waals surface area (Å²) in [5.74, 6) is 0.957. The molecule has 0 bridgehead atoms. The van der Waals surface area contributed by atoms with E-state index in [2.05, 4.69) is 24.4 Å².